The minimum atomic E-state index is -3.30. The van der Waals surface area contributed by atoms with Gasteiger partial charge < -0.3 is 4.74 Å². The summed E-state index contributed by atoms with van der Waals surface area (Å²) in [6, 6.07) is 8.20. The van der Waals surface area contributed by atoms with E-state index >= 15 is 0 Å². The molecular weight excluding hydrogens is 252 g/mol. The van der Waals surface area contributed by atoms with Crippen molar-refractivity contribution in [3.05, 3.63) is 54.6 Å². The molecule has 96 valence electrons. The fourth-order valence-corrected chi connectivity index (χ4v) is 2.32. The van der Waals surface area contributed by atoms with E-state index in [0.29, 0.717) is 0 Å². The smallest absolute Gasteiger partial charge is 0.330 e. The van der Waals surface area contributed by atoms with Crippen LogP contribution in [0.5, 0.6) is 0 Å². The molecule has 0 aliphatic heterocycles. The first-order valence-electron chi connectivity index (χ1n) is 5.25. The van der Waals surface area contributed by atoms with E-state index in [-0.39, 0.29) is 10.6 Å². The molecule has 0 aliphatic carbocycles. The zero-order valence-corrected chi connectivity index (χ0v) is 10.8. The molecule has 0 radical (unpaired) electrons. The molecule has 0 saturated carbocycles. The molecule has 18 heavy (non-hydrogen) atoms. The Bertz CT molecular complexity index is 542. The van der Waals surface area contributed by atoms with Crippen LogP contribution in [0.3, 0.4) is 0 Å². The van der Waals surface area contributed by atoms with E-state index in [1.165, 1.54) is 31.4 Å². The van der Waals surface area contributed by atoms with Crippen molar-refractivity contribution in [2.75, 3.05) is 12.9 Å². The summed E-state index contributed by atoms with van der Waals surface area (Å²) in [6.45, 7) is 0. The quantitative estimate of drug-likeness (QED) is 0.463. The summed E-state index contributed by atoms with van der Waals surface area (Å²) in [4.78, 5) is 11.0. The Labute approximate surface area is 107 Å². The summed E-state index contributed by atoms with van der Waals surface area (Å²) in [5.74, 6) is -0.590. The van der Waals surface area contributed by atoms with E-state index < -0.39 is 15.8 Å². The van der Waals surface area contributed by atoms with Crippen molar-refractivity contribution in [2.24, 2.45) is 0 Å². The molecule has 4 nitrogen and oxygen atoms in total. The molecule has 0 saturated heterocycles. The average molecular weight is 266 g/mol. The molecule has 1 rings (SSSR count). The Kier molecular flexibility index (Phi) is 5.32. The summed E-state index contributed by atoms with van der Waals surface area (Å²) in [5.41, 5.74) is 0. The van der Waals surface area contributed by atoms with Crippen LogP contribution in [0.25, 0.3) is 0 Å². The number of methoxy groups -OCH3 is 1. The molecule has 0 aliphatic rings. The van der Waals surface area contributed by atoms with Crippen LogP contribution in [0.1, 0.15) is 0 Å². The van der Waals surface area contributed by atoms with Crippen molar-refractivity contribution in [3.8, 4) is 0 Å². The second-order valence-electron chi connectivity index (χ2n) is 3.40. The van der Waals surface area contributed by atoms with Crippen molar-refractivity contribution < 1.29 is 17.9 Å². The third kappa shape index (κ3) is 4.55. The summed E-state index contributed by atoms with van der Waals surface area (Å²) < 4.78 is 28.0. The second kappa shape index (κ2) is 6.76. The predicted octanol–water partition coefficient (Wildman–Crippen LogP) is 1.75. The molecule has 0 amide bonds. The fourth-order valence-electron chi connectivity index (χ4n) is 1.19. The molecular formula is C13H14O4S. The molecule has 0 bridgehead atoms. The van der Waals surface area contributed by atoms with E-state index in [1.54, 1.807) is 30.3 Å². The van der Waals surface area contributed by atoms with Gasteiger partial charge in [0.1, 0.15) is 0 Å². The summed E-state index contributed by atoms with van der Waals surface area (Å²) >= 11 is 0. The first-order chi connectivity index (χ1) is 8.56. The number of ether oxygens (including phenoxy) is 1. The molecule has 0 unspecified atom stereocenters. The number of sulfone groups is 1. The maximum atomic E-state index is 11.8. The van der Waals surface area contributed by atoms with Crippen LogP contribution in [0.4, 0.5) is 0 Å². The minimum Gasteiger partial charge on any atom is -0.466 e. The lowest BCUT2D eigenvalue weighted by Crippen LogP contribution is -2.04. The Balaban J connectivity index is 2.61. The molecule has 0 N–H and O–H groups in total. The summed E-state index contributed by atoms with van der Waals surface area (Å²) in [5, 5.41) is 0. The monoisotopic (exact) mass is 266 g/mol. The summed E-state index contributed by atoms with van der Waals surface area (Å²) in [6.07, 6.45) is 5.62. The van der Waals surface area contributed by atoms with E-state index in [2.05, 4.69) is 4.74 Å². The maximum absolute atomic E-state index is 11.8. The van der Waals surface area contributed by atoms with Crippen molar-refractivity contribution in [1.29, 1.82) is 0 Å². The number of esters is 1. The van der Waals surface area contributed by atoms with Crippen molar-refractivity contribution in [3.63, 3.8) is 0 Å². The highest BCUT2D eigenvalue weighted by atomic mass is 32.2. The average Bonchev–Trinajstić information content (AvgIpc) is 2.39. The zero-order valence-electron chi connectivity index (χ0n) is 9.94. The molecule has 0 heterocycles. The molecule has 1 aromatic carbocycles. The molecule has 5 heteroatoms. The van der Waals surface area contributed by atoms with Gasteiger partial charge in [-0.25, -0.2) is 13.2 Å². The van der Waals surface area contributed by atoms with Crippen LogP contribution in [-0.2, 0) is 19.4 Å². The van der Waals surface area contributed by atoms with Gasteiger partial charge in [-0.3, -0.25) is 0 Å². The standard InChI is InChI=1S/C13H14O4S/c1-17-13(14)10-6-3-7-11-18(15,16)12-8-4-2-5-9-12/h2-10H,11H2,1H3. The number of carbonyl (C=O) groups excluding carboxylic acids is 1. The predicted molar refractivity (Wildman–Crippen MR) is 68.8 cm³/mol. The van der Waals surface area contributed by atoms with Gasteiger partial charge in [-0.2, -0.15) is 0 Å². The van der Waals surface area contributed by atoms with E-state index in [4.69, 9.17) is 0 Å². The van der Waals surface area contributed by atoms with Crippen LogP contribution >= 0.6 is 0 Å². The molecule has 0 aromatic heterocycles. The van der Waals surface area contributed by atoms with Gasteiger partial charge in [0, 0.05) is 6.08 Å². The highest BCUT2D eigenvalue weighted by Gasteiger charge is 2.10. The molecule has 0 spiro atoms. The number of hydrogen-bond acceptors (Lipinski definition) is 4. The van der Waals surface area contributed by atoms with Crippen LogP contribution < -0.4 is 0 Å². The number of allylic oxidation sites excluding steroid dienone is 2. The van der Waals surface area contributed by atoms with Gasteiger partial charge in [0.15, 0.2) is 9.84 Å². The van der Waals surface area contributed by atoms with Crippen LogP contribution in [0.15, 0.2) is 59.5 Å². The number of hydrogen-bond donors (Lipinski definition) is 0. The molecule has 1 aromatic rings. The van der Waals surface area contributed by atoms with Crippen LogP contribution in [0.2, 0.25) is 0 Å². The highest BCUT2D eigenvalue weighted by Crippen LogP contribution is 2.09. The van der Waals surface area contributed by atoms with Crippen LogP contribution in [-0.4, -0.2) is 27.2 Å². The third-order valence-electron chi connectivity index (χ3n) is 2.10. The lowest BCUT2D eigenvalue weighted by Gasteiger charge is -1.99. The topological polar surface area (TPSA) is 60.4 Å². The maximum Gasteiger partial charge on any atom is 0.330 e. The van der Waals surface area contributed by atoms with Gasteiger partial charge in [0.25, 0.3) is 0 Å². The number of carbonyl (C=O) groups is 1. The molecule has 0 atom stereocenters. The Morgan fingerprint density at radius 3 is 2.50 bits per heavy atom. The lowest BCUT2D eigenvalue weighted by atomic mass is 10.4. The Morgan fingerprint density at radius 2 is 1.89 bits per heavy atom. The van der Waals surface area contributed by atoms with Crippen molar-refractivity contribution in [1.82, 2.24) is 0 Å². The first-order valence-corrected chi connectivity index (χ1v) is 6.90. The van der Waals surface area contributed by atoms with Gasteiger partial charge in [0.2, 0.25) is 0 Å². The van der Waals surface area contributed by atoms with Crippen molar-refractivity contribution in [2.45, 2.75) is 4.90 Å². The summed E-state index contributed by atoms with van der Waals surface area (Å²) in [7, 11) is -2.03. The van der Waals surface area contributed by atoms with Gasteiger partial charge in [-0.1, -0.05) is 36.4 Å². The fraction of sp³-hybridized carbons (Fsp3) is 0.154. The van der Waals surface area contributed by atoms with E-state index in [0.717, 1.165) is 0 Å². The first kappa shape index (κ1) is 14.2. The van der Waals surface area contributed by atoms with Crippen molar-refractivity contribution >= 4 is 15.8 Å². The minimum absolute atomic E-state index is 0.109. The van der Waals surface area contributed by atoms with Crippen LogP contribution in [0, 0.1) is 0 Å². The highest BCUT2D eigenvalue weighted by molar-refractivity contribution is 7.91. The van der Waals surface area contributed by atoms with Gasteiger partial charge >= 0.3 is 5.97 Å². The third-order valence-corrected chi connectivity index (χ3v) is 3.72. The normalized spacial score (nSPS) is 12.1. The number of rotatable bonds is 5. The van der Waals surface area contributed by atoms with Gasteiger partial charge in [-0.05, 0) is 12.1 Å². The number of benzene rings is 1. The van der Waals surface area contributed by atoms with Gasteiger partial charge in [-0.15, -0.1) is 0 Å². The van der Waals surface area contributed by atoms with Gasteiger partial charge in [0.05, 0.1) is 17.8 Å². The SMILES string of the molecule is COC(=O)C=CC=CCS(=O)(=O)c1ccccc1. The second-order valence-corrected chi connectivity index (χ2v) is 5.44. The zero-order chi connectivity index (χ0) is 13.4. The largest absolute Gasteiger partial charge is 0.466 e. The van der Waals surface area contributed by atoms with E-state index in [1.807, 2.05) is 0 Å². The Hall–Kier alpha value is -1.88. The Morgan fingerprint density at radius 1 is 1.22 bits per heavy atom. The lowest BCUT2D eigenvalue weighted by molar-refractivity contribution is -0.134. The molecule has 0 fully saturated rings. The van der Waals surface area contributed by atoms with E-state index in [9.17, 15) is 13.2 Å².